The van der Waals surface area contributed by atoms with Crippen molar-refractivity contribution in [1.82, 2.24) is 14.5 Å². The molecule has 0 radical (unpaired) electrons. The fraction of sp³-hybridized carbons (Fsp3) is 0.250. The normalized spacial score (nSPS) is 10.4. The molecule has 0 bridgehead atoms. The molecule has 1 amide bonds. The summed E-state index contributed by atoms with van der Waals surface area (Å²) in [5.74, 6) is 0.832. The second kappa shape index (κ2) is 5.38. The van der Waals surface area contributed by atoms with Crippen LogP contribution in [-0.4, -0.2) is 27.0 Å². The van der Waals surface area contributed by atoms with E-state index in [4.69, 9.17) is 11.5 Å². The molecule has 100 valence electrons. The monoisotopic (exact) mass is 260 g/mol. The number of nitrogen functional groups attached to an aromatic ring is 1. The number of aromatic nitrogens is 3. The van der Waals surface area contributed by atoms with Crippen LogP contribution in [0.25, 0.3) is 0 Å². The number of rotatable bonds is 5. The summed E-state index contributed by atoms with van der Waals surface area (Å²) < 4.78 is 1.94. The summed E-state index contributed by atoms with van der Waals surface area (Å²) in [6, 6.07) is 1.51. The molecule has 2 aromatic heterocycles. The van der Waals surface area contributed by atoms with Crippen LogP contribution in [0, 0.1) is 0 Å². The lowest BCUT2D eigenvalue weighted by Crippen LogP contribution is -2.17. The molecule has 7 nitrogen and oxygen atoms in total. The number of imidazole rings is 1. The van der Waals surface area contributed by atoms with Crippen LogP contribution in [0.4, 0.5) is 11.5 Å². The Morgan fingerprint density at radius 2 is 2.26 bits per heavy atom. The highest BCUT2D eigenvalue weighted by Crippen LogP contribution is 2.14. The van der Waals surface area contributed by atoms with Gasteiger partial charge in [0.15, 0.2) is 0 Å². The van der Waals surface area contributed by atoms with Crippen LogP contribution in [0.1, 0.15) is 16.2 Å². The maximum atomic E-state index is 11.3. The van der Waals surface area contributed by atoms with E-state index in [1.54, 1.807) is 6.20 Å². The second-order valence-corrected chi connectivity index (χ2v) is 4.16. The minimum atomic E-state index is -0.556. The molecule has 2 rings (SSSR count). The van der Waals surface area contributed by atoms with E-state index in [-0.39, 0.29) is 0 Å². The molecule has 0 saturated heterocycles. The highest BCUT2D eigenvalue weighted by molar-refractivity contribution is 5.98. The lowest BCUT2D eigenvalue weighted by atomic mass is 10.2. The molecule has 7 heteroatoms. The van der Waals surface area contributed by atoms with Crippen LogP contribution in [0.15, 0.2) is 24.7 Å². The summed E-state index contributed by atoms with van der Waals surface area (Å²) in [4.78, 5) is 19.6. The van der Waals surface area contributed by atoms with E-state index in [2.05, 4.69) is 15.3 Å². The van der Waals surface area contributed by atoms with Gasteiger partial charge in [-0.1, -0.05) is 0 Å². The molecule has 0 unspecified atom stereocenters. The Hall–Kier alpha value is -2.57. The van der Waals surface area contributed by atoms with E-state index in [1.165, 1.54) is 12.3 Å². The molecule has 0 aliphatic rings. The highest BCUT2D eigenvalue weighted by atomic mass is 16.1. The van der Waals surface area contributed by atoms with Crippen LogP contribution in [0.2, 0.25) is 0 Å². The summed E-state index contributed by atoms with van der Waals surface area (Å²) in [7, 11) is 1.93. The average molecular weight is 260 g/mol. The number of nitrogens with two attached hydrogens (primary N) is 2. The Morgan fingerprint density at radius 3 is 2.89 bits per heavy atom. The largest absolute Gasteiger partial charge is 0.397 e. The van der Waals surface area contributed by atoms with Crippen molar-refractivity contribution < 1.29 is 4.79 Å². The van der Waals surface area contributed by atoms with Crippen LogP contribution in [-0.2, 0) is 13.5 Å². The van der Waals surface area contributed by atoms with Crippen molar-refractivity contribution >= 4 is 17.4 Å². The molecule has 2 aromatic rings. The first kappa shape index (κ1) is 12.9. The smallest absolute Gasteiger partial charge is 0.252 e. The van der Waals surface area contributed by atoms with Crippen LogP contribution in [0.3, 0.4) is 0 Å². The minimum Gasteiger partial charge on any atom is -0.397 e. The Kier molecular flexibility index (Phi) is 3.65. The molecular formula is C12H16N6O. The lowest BCUT2D eigenvalue weighted by molar-refractivity contribution is 0.100. The molecule has 0 atom stereocenters. The van der Waals surface area contributed by atoms with E-state index < -0.39 is 5.91 Å². The van der Waals surface area contributed by atoms with Gasteiger partial charge in [0.05, 0.1) is 17.4 Å². The third kappa shape index (κ3) is 3.01. The predicted octanol–water partition coefficient (Wildman–Crippen LogP) is 0.151. The summed E-state index contributed by atoms with van der Waals surface area (Å²) in [5, 5.41) is 3.07. The Labute approximate surface area is 110 Å². The SMILES string of the molecule is Cn1ccnc1CCNc1ncc(N)cc1C(N)=O. The quantitative estimate of drug-likeness (QED) is 0.708. The zero-order valence-corrected chi connectivity index (χ0v) is 10.6. The second-order valence-electron chi connectivity index (χ2n) is 4.16. The number of nitrogens with zero attached hydrogens (tertiary/aromatic N) is 3. The number of aryl methyl sites for hydroxylation is 1. The number of hydrogen-bond acceptors (Lipinski definition) is 5. The summed E-state index contributed by atoms with van der Waals surface area (Å²) in [6.45, 7) is 0.599. The van der Waals surface area contributed by atoms with Gasteiger partial charge in [-0.25, -0.2) is 9.97 Å². The van der Waals surface area contributed by atoms with Crippen molar-refractivity contribution in [1.29, 1.82) is 0 Å². The number of nitrogens with one attached hydrogen (secondary N) is 1. The zero-order valence-electron chi connectivity index (χ0n) is 10.6. The maximum Gasteiger partial charge on any atom is 0.252 e. The van der Waals surface area contributed by atoms with Crippen molar-refractivity contribution in [2.24, 2.45) is 12.8 Å². The van der Waals surface area contributed by atoms with Crippen molar-refractivity contribution in [3.8, 4) is 0 Å². The van der Waals surface area contributed by atoms with Crippen molar-refractivity contribution in [2.75, 3.05) is 17.6 Å². The van der Waals surface area contributed by atoms with Gasteiger partial charge in [0.25, 0.3) is 5.91 Å². The molecule has 2 heterocycles. The van der Waals surface area contributed by atoms with Gasteiger partial charge in [0.1, 0.15) is 11.6 Å². The predicted molar refractivity (Wildman–Crippen MR) is 72.6 cm³/mol. The maximum absolute atomic E-state index is 11.3. The molecule has 0 spiro atoms. The van der Waals surface area contributed by atoms with Crippen LogP contribution >= 0.6 is 0 Å². The van der Waals surface area contributed by atoms with Crippen molar-refractivity contribution in [2.45, 2.75) is 6.42 Å². The summed E-state index contributed by atoms with van der Waals surface area (Å²) >= 11 is 0. The van der Waals surface area contributed by atoms with Crippen molar-refractivity contribution in [3.05, 3.63) is 36.0 Å². The summed E-state index contributed by atoms with van der Waals surface area (Å²) in [6.07, 6.45) is 5.82. The number of carbonyl (C=O) groups is 1. The first-order valence-electron chi connectivity index (χ1n) is 5.83. The highest BCUT2D eigenvalue weighted by Gasteiger charge is 2.10. The fourth-order valence-corrected chi connectivity index (χ4v) is 1.74. The third-order valence-electron chi connectivity index (χ3n) is 2.74. The van der Waals surface area contributed by atoms with E-state index in [0.717, 1.165) is 5.82 Å². The molecule has 0 saturated carbocycles. The van der Waals surface area contributed by atoms with E-state index in [9.17, 15) is 4.79 Å². The molecule has 19 heavy (non-hydrogen) atoms. The van der Waals surface area contributed by atoms with Gasteiger partial charge in [-0.15, -0.1) is 0 Å². The standard InChI is InChI=1S/C12H16N6O/c1-18-5-4-15-10(18)2-3-16-12-9(11(14)19)6-8(13)7-17-12/h4-7H,2-3,13H2,1H3,(H2,14,19)(H,16,17). The number of carbonyl (C=O) groups excluding carboxylic acids is 1. The molecule has 0 fully saturated rings. The van der Waals surface area contributed by atoms with E-state index >= 15 is 0 Å². The van der Waals surface area contributed by atoms with Gasteiger partial charge in [0, 0.05) is 32.4 Å². The lowest BCUT2D eigenvalue weighted by Gasteiger charge is -2.09. The first-order chi connectivity index (χ1) is 9.08. The molecule has 0 aromatic carbocycles. The van der Waals surface area contributed by atoms with Gasteiger partial charge in [-0.2, -0.15) is 0 Å². The Morgan fingerprint density at radius 1 is 1.47 bits per heavy atom. The fourth-order valence-electron chi connectivity index (χ4n) is 1.74. The number of primary amides is 1. The molecule has 5 N–H and O–H groups in total. The van der Waals surface area contributed by atoms with Crippen LogP contribution < -0.4 is 16.8 Å². The van der Waals surface area contributed by atoms with Gasteiger partial charge in [-0.3, -0.25) is 4.79 Å². The third-order valence-corrected chi connectivity index (χ3v) is 2.74. The first-order valence-corrected chi connectivity index (χ1v) is 5.83. The number of anilines is 2. The minimum absolute atomic E-state index is 0.292. The van der Waals surface area contributed by atoms with E-state index in [0.29, 0.717) is 30.0 Å². The summed E-state index contributed by atoms with van der Waals surface area (Å²) in [5.41, 5.74) is 11.6. The van der Waals surface area contributed by atoms with E-state index in [1.807, 2.05) is 17.8 Å². The van der Waals surface area contributed by atoms with Gasteiger partial charge in [0.2, 0.25) is 0 Å². The zero-order chi connectivity index (χ0) is 13.8. The topological polar surface area (TPSA) is 112 Å². The van der Waals surface area contributed by atoms with Crippen LogP contribution in [0.5, 0.6) is 0 Å². The Balaban J connectivity index is 2.03. The molecule has 0 aliphatic carbocycles. The average Bonchev–Trinajstić information content (AvgIpc) is 2.77. The van der Waals surface area contributed by atoms with Gasteiger partial charge >= 0.3 is 0 Å². The number of amides is 1. The van der Waals surface area contributed by atoms with Gasteiger partial charge in [-0.05, 0) is 6.07 Å². The molecular weight excluding hydrogens is 244 g/mol. The number of hydrogen-bond donors (Lipinski definition) is 3. The Bertz CT molecular complexity index is 592. The molecule has 0 aliphatic heterocycles. The van der Waals surface area contributed by atoms with Crippen molar-refractivity contribution in [3.63, 3.8) is 0 Å². The van der Waals surface area contributed by atoms with Gasteiger partial charge < -0.3 is 21.4 Å². The number of pyridine rings is 1.